The first-order valence-corrected chi connectivity index (χ1v) is 11.9. The predicted octanol–water partition coefficient (Wildman–Crippen LogP) is 5.33. The minimum Gasteiger partial charge on any atom is -0.308 e. The molecule has 0 unspecified atom stereocenters. The van der Waals surface area contributed by atoms with E-state index in [1.165, 1.54) is 28.8 Å². The second kappa shape index (κ2) is 8.67. The van der Waals surface area contributed by atoms with E-state index < -0.39 is 16.7 Å². The Hall–Kier alpha value is -3.54. The zero-order valence-corrected chi connectivity index (χ0v) is 19.4. The third-order valence-electron chi connectivity index (χ3n) is 5.87. The molecule has 6 nitrogen and oxygen atoms in total. The number of carbonyl (C=O) groups excluding carboxylic acids is 2. The molecule has 2 aliphatic rings. The Morgan fingerprint density at radius 2 is 2.00 bits per heavy atom. The number of fused-ring (bicyclic) bond motifs is 2. The number of nitriles is 1. The van der Waals surface area contributed by atoms with E-state index in [0.717, 1.165) is 5.56 Å². The van der Waals surface area contributed by atoms with Crippen LogP contribution in [-0.2, 0) is 16.2 Å². The summed E-state index contributed by atoms with van der Waals surface area (Å²) in [6.07, 6.45) is 0. The molecule has 1 saturated heterocycles. The van der Waals surface area contributed by atoms with Gasteiger partial charge in [0.15, 0.2) is 4.87 Å². The molecule has 1 fully saturated rings. The summed E-state index contributed by atoms with van der Waals surface area (Å²) in [6, 6.07) is 19.6. The van der Waals surface area contributed by atoms with Gasteiger partial charge >= 0.3 is 6.03 Å². The van der Waals surface area contributed by atoms with Gasteiger partial charge in [-0.05, 0) is 54.1 Å². The maximum Gasteiger partial charge on any atom is 0.323 e. The maximum atomic E-state index is 14.4. The maximum absolute atomic E-state index is 14.4. The number of anilines is 2. The molecule has 3 aromatic rings. The zero-order valence-electron chi connectivity index (χ0n) is 17.8. The van der Waals surface area contributed by atoms with Gasteiger partial charge in [-0.15, -0.1) is 11.8 Å². The van der Waals surface area contributed by atoms with E-state index >= 15 is 0 Å². The van der Waals surface area contributed by atoms with Crippen molar-refractivity contribution in [1.29, 1.82) is 5.26 Å². The van der Waals surface area contributed by atoms with Crippen LogP contribution < -0.4 is 10.2 Å². The van der Waals surface area contributed by atoms with Crippen LogP contribution in [-0.4, -0.2) is 29.1 Å². The number of thioether (sulfide) groups is 1. The quantitative estimate of drug-likeness (QED) is 0.536. The van der Waals surface area contributed by atoms with Crippen LogP contribution in [0.3, 0.4) is 0 Å². The van der Waals surface area contributed by atoms with Crippen LogP contribution in [0.15, 0.2) is 66.7 Å². The van der Waals surface area contributed by atoms with Crippen LogP contribution in [0.2, 0.25) is 5.02 Å². The molecule has 1 spiro atoms. The van der Waals surface area contributed by atoms with Gasteiger partial charge in [0, 0.05) is 28.6 Å². The number of nitrogens with zero attached hydrogens (tertiary/aromatic N) is 3. The Morgan fingerprint density at radius 1 is 1.18 bits per heavy atom. The Kier molecular flexibility index (Phi) is 5.68. The first-order chi connectivity index (χ1) is 16.4. The summed E-state index contributed by atoms with van der Waals surface area (Å²) >= 11 is 7.35. The van der Waals surface area contributed by atoms with Crippen molar-refractivity contribution in [1.82, 2.24) is 4.90 Å². The lowest BCUT2D eigenvalue weighted by Gasteiger charge is -2.33. The Bertz CT molecular complexity index is 1360. The fraction of sp³-hybridized carbons (Fsp3) is 0.160. The molecule has 0 aromatic heterocycles. The van der Waals surface area contributed by atoms with Gasteiger partial charge in [0.05, 0.1) is 23.9 Å². The normalized spacial score (nSPS) is 18.8. The second-order valence-corrected chi connectivity index (χ2v) is 9.67. The number of hydrogen-bond acceptors (Lipinski definition) is 4. The zero-order chi connectivity index (χ0) is 23.9. The molecule has 170 valence electrons. The van der Waals surface area contributed by atoms with E-state index in [1.807, 2.05) is 6.07 Å². The fourth-order valence-corrected chi connectivity index (χ4v) is 6.07. The summed E-state index contributed by atoms with van der Waals surface area (Å²) in [6.45, 7) is 0.509. The minimum atomic E-state index is -1.38. The fourth-order valence-electron chi connectivity index (χ4n) is 4.42. The van der Waals surface area contributed by atoms with Crippen molar-refractivity contribution in [3.63, 3.8) is 0 Å². The lowest BCUT2D eigenvalue weighted by Crippen LogP contribution is -2.51. The molecule has 1 atom stereocenters. The molecule has 34 heavy (non-hydrogen) atoms. The molecule has 0 radical (unpaired) electrons. The van der Waals surface area contributed by atoms with E-state index in [1.54, 1.807) is 53.4 Å². The third kappa shape index (κ3) is 3.67. The SMILES string of the molecule is N#Cc1cccc(CN2C(=O)[C@]3(SCCN3C(=O)Nc3cccc(Cl)c3)c3cc(F)ccc32)c1. The molecular weight excluding hydrogens is 475 g/mol. The molecule has 3 aromatic carbocycles. The Balaban J connectivity index is 1.53. The number of carbonyl (C=O) groups is 2. The monoisotopic (exact) mass is 492 g/mol. The lowest BCUT2D eigenvalue weighted by molar-refractivity contribution is -0.123. The summed E-state index contributed by atoms with van der Waals surface area (Å²) in [5.41, 5.74) is 2.73. The van der Waals surface area contributed by atoms with E-state index in [9.17, 15) is 19.2 Å². The van der Waals surface area contributed by atoms with Crippen LogP contribution >= 0.6 is 23.4 Å². The summed E-state index contributed by atoms with van der Waals surface area (Å²) in [5.74, 6) is -0.288. The van der Waals surface area contributed by atoms with Gasteiger partial charge in [-0.1, -0.05) is 29.8 Å². The average molecular weight is 493 g/mol. The highest BCUT2D eigenvalue weighted by molar-refractivity contribution is 8.01. The number of rotatable bonds is 3. The van der Waals surface area contributed by atoms with Crippen molar-refractivity contribution in [2.24, 2.45) is 0 Å². The highest BCUT2D eigenvalue weighted by Crippen LogP contribution is 2.54. The van der Waals surface area contributed by atoms with E-state index in [2.05, 4.69) is 11.4 Å². The van der Waals surface area contributed by atoms with Gasteiger partial charge < -0.3 is 10.2 Å². The number of amides is 3. The minimum absolute atomic E-state index is 0.193. The predicted molar refractivity (Wildman–Crippen MR) is 130 cm³/mol. The van der Waals surface area contributed by atoms with Crippen LogP contribution in [0.5, 0.6) is 0 Å². The van der Waals surface area contributed by atoms with Crippen molar-refractivity contribution in [2.75, 3.05) is 22.5 Å². The van der Waals surface area contributed by atoms with Gasteiger partial charge in [-0.3, -0.25) is 9.69 Å². The van der Waals surface area contributed by atoms with Crippen molar-refractivity contribution < 1.29 is 14.0 Å². The van der Waals surface area contributed by atoms with Crippen LogP contribution in [0.25, 0.3) is 0 Å². The molecular formula is C25H18ClFN4O2S. The van der Waals surface area contributed by atoms with Gasteiger partial charge in [0.1, 0.15) is 5.82 Å². The standard InChI is InChI=1S/C25H18ClFN4O2S/c26-18-5-2-6-20(12-18)29-24(33)31-9-10-34-25(31)21-13-19(27)7-8-22(21)30(23(25)32)15-17-4-1-3-16(11-17)14-28/h1-8,11-13H,9-10,15H2,(H,29,33)/t25-/m1/s1. The van der Waals surface area contributed by atoms with Crippen molar-refractivity contribution in [3.8, 4) is 6.07 Å². The number of nitrogens with one attached hydrogen (secondary N) is 1. The lowest BCUT2D eigenvalue weighted by atomic mass is 10.1. The van der Waals surface area contributed by atoms with Crippen molar-refractivity contribution in [3.05, 3.63) is 94.3 Å². The number of hydrogen-bond donors (Lipinski definition) is 1. The van der Waals surface area contributed by atoms with E-state index in [4.69, 9.17) is 11.6 Å². The molecule has 9 heteroatoms. The van der Waals surface area contributed by atoms with Crippen molar-refractivity contribution in [2.45, 2.75) is 11.4 Å². The van der Waals surface area contributed by atoms with Gasteiger partial charge in [0.2, 0.25) is 0 Å². The van der Waals surface area contributed by atoms with Gasteiger partial charge in [-0.2, -0.15) is 5.26 Å². The van der Waals surface area contributed by atoms with Crippen LogP contribution in [0.1, 0.15) is 16.7 Å². The Morgan fingerprint density at radius 3 is 2.79 bits per heavy atom. The summed E-state index contributed by atoms with van der Waals surface area (Å²) in [4.78, 5) is 28.9. The molecule has 1 N–H and O–H groups in total. The van der Waals surface area contributed by atoms with Gasteiger partial charge in [-0.25, -0.2) is 9.18 Å². The summed E-state index contributed by atoms with van der Waals surface area (Å²) < 4.78 is 14.4. The third-order valence-corrected chi connectivity index (χ3v) is 7.53. The topological polar surface area (TPSA) is 76.4 Å². The molecule has 3 amide bonds. The molecule has 0 saturated carbocycles. The molecule has 2 aliphatic heterocycles. The largest absolute Gasteiger partial charge is 0.323 e. The smallest absolute Gasteiger partial charge is 0.308 e. The Labute approximate surface area is 204 Å². The molecule has 2 heterocycles. The number of halogens is 2. The highest BCUT2D eigenvalue weighted by Gasteiger charge is 2.59. The first kappa shape index (κ1) is 22.3. The van der Waals surface area contributed by atoms with Gasteiger partial charge in [0.25, 0.3) is 5.91 Å². The number of benzene rings is 3. The average Bonchev–Trinajstić information content (AvgIpc) is 3.36. The van der Waals surface area contributed by atoms with Crippen molar-refractivity contribution >= 4 is 46.7 Å². The summed E-state index contributed by atoms with van der Waals surface area (Å²) in [7, 11) is 0. The van der Waals surface area contributed by atoms with E-state index in [0.29, 0.717) is 39.8 Å². The van der Waals surface area contributed by atoms with E-state index in [-0.39, 0.29) is 12.5 Å². The molecule has 0 aliphatic carbocycles. The second-order valence-electron chi connectivity index (χ2n) is 7.95. The number of urea groups is 1. The molecule has 5 rings (SSSR count). The highest BCUT2D eigenvalue weighted by atomic mass is 35.5. The van der Waals surface area contributed by atoms with Crippen LogP contribution in [0, 0.1) is 17.1 Å². The molecule has 0 bridgehead atoms. The van der Waals surface area contributed by atoms with Crippen LogP contribution in [0.4, 0.5) is 20.6 Å². The first-order valence-electron chi connectivity index (χ1n) is 10.5. The summed E-state index contributed by atoms with van der Waals surface area (Å²) in [5, 5.41) is 12.5.